The van der Waals surface area contributed by atoms with Crippen molar-refractivity contribution in [2.24, 2.45) is 50.7 Å². The zero-order chi connectivity index (χ0) is 31.6. The van der Waals surface area contributed by atoms with Crippen LogP contribution in [-0.2, 0) is 18.9 Å². The smallest absolute Gasteiger partial charge is 0.199 e. The third kappa shape index (κ3) is 3.38. The minimum absolute atomic E-state index is 0.0559. The second kappa shape index (κ2) is 9.00. The molecule has 2 bridgehead atoms. The maximum Gasteiger partial charge on any atom is 0.199 e. The number of ether oxygens (including phenoxy) is 4. The molecule has 3 spiro atoms. The third-order valence-corrected chi connectivity index (χ3v) is 15.9. The summed E-state index contributed by atoms with van der Waals surface area (Å²) in [6, 6.07) is 0. The fraction of sp³-hybridized carbons (Fsp3) is 1.00. The van der Waals surface area contributed by atoms with Crippen LogP contribution < -0.4 is 0 Å². The molecular weight excluding hydrogens is 564 g/mol. The van der Waals surface area contributed by atoms with E-state index in [1.165, 1.54) is 6.42 Å². The maximum atomic E-state index is 12.7. The first-order valence-electron chi connectivity index (χ1n) is 17.5. The molecule has 0 aromatic heterocycles. The zero-order valence-corrected chi connectivity index (χ0v) is 27.7. The Labute approximate surface area is 262 Å². The van der Waals surface area contributed by atoms with Crippen molar-refractivity contribution in [1.82, 2.24) is 0 Å². The standard InChI is InChI=1S/C35H56O9/c1-17-14-19-26(30(4,5)40)44-35(43-19)25(17)31(6)12-13-34-16-33(34)11-10-22(42-27-24(38)23(37)18(36)15-41-27)29(2,3)20(33)8-9-21(34)32(31,7)28(35)39/h17-28,36-40H,8-16H2,1-7H3/t17-,18-,19-,20+,21+,22+,23+,24-,25+,26+,27+,28-,31-,32-,33-,34+,35+/m1/s1. The highest BCUT2D eigenvalue weighted by Crippen LogP contribution is 2.90. The normalized spacial score (nSPS) is 62.2. The van der Waals surface area contributed by atoms with Gasteiger partial charge in [-0.15, -0.1) is 0 Å². The fourth-order valence-electron chi connectivity index (χ4n) is 14.0. The van der Waals surface area contributed by atoms with Gasteiger partial charge in [0, 0.05) is 11.3 Å². The minimum atomic E-state index is -1.28. The quantitative estimate of drug-likeness (QED) is 0.301. The van der Waals surface area contributed by atoms with Gasteiger partial charge in [0.15, 0.2) is 12.1 Å². The number of fused-ring (bicyclic) bond motifs is 4. The minimum Gasteiger partial charge on any atom is -0.388 e. The number of aliphatic hydroxyl groups excluding tert-OH is 4. The van der Waals surface area contributed by atoms with Gasteiger partial charge >= 0.3 is 0 Å². The molecule has 0 aromatic rings. The van der Waals surface area contributed by atoms with E-state index in [9.17, 15) is 25.5 Å². The molecular formula is C35H56O9. The van der Waals surface area contributed by atoms with Gasteiger partial charge in [0.25, 0.3) is 0 Å². The predicted octanol–water partition coefficient (Wildman–Crippen LogP) is 3.12. The molecule has 44 heavy (non-hydrogen) atoms. The Kier molecular flexibility index (Phi) is 6.33. The molecule has 0 aromatic carbocycles. The molecule has 17 atom stereocenters. The van der Waals surface area contributed by atoms with Crippen LogP contribution in [0, 0.1) is 50.7 Å². The van der Waals surface area contributed by atoms with Crippen LogP contribution in [-0.4, -0.2) is 92.5 Å². The highest BCUT2D eigenvalue weighted by molar-refractivity contribution is 5.34. The molecule has 5 aliphatic carbocycles. The summed E-state index contributed by atoms with van der Waals surface area (Å²) in [4.78, 5) is 0. The van der Waals surface area contributed by atoms with Crippen LogP contribution in [0.5, 0.6) is 0 Å². The molecule has 5 saturated carbocycles. The second-order valence-electron chi connectivity index (χ2n) is 18.3. The predicted molar refractivity (Wildman–Crippen MR) is 159 cm³/mol. The molecule has 9 nitrogen and oxygen atoms in total. The summed E-state index contributed by atoms with van der Waals surface area (Å²) in [7, 11) is 0. The van der Waals surface area contributed by atoms with Crippen LogP contribution in [0.15, 0.2) is 0 Å². The molecule has 0 unspecified atom stereocenters. The van der Waals surface area contributed by atoms with Crippen LogP contribution in [0.1, 0.15) is 99.8 Å². The van der Waals surface area contributed by atoms with E-state index >= 15 is 0 Å². The lowest BCUT2D eigenvalue weighted by Crippen LogP contribution is -2.61. The molecule has 3 aliphatic heterocycles. The summed E-state index contributed by atoms with van der Waals surface area (Å²) in [6.45, 7) is 15.2. The Balaban J connectivity index is 1.10. The molecule has 0 amide bonds. The largest absolute Gasteiger partial charge is 0.388 e. The zero-order valence-electron chi connectivity index (χ0n) is 27.7. The van der Waals surface area contributed by atoms with Gasteiger partial charge < -0.3 is 44.5 Å². The van der Waals surface area contributed by atoms with E-state index in [0.29, 0.717) is 17.8 Å². The van der Waals surface area contributed by atoms with Crippen molar-refractivity contribution in [3.8, 4) is 0 Å². The SMILES string of the molecule is C[C@@H]1C[C@H]2O[C@]3(O[C@@H]2C(C)(C)O)[C@@H]1[C@@]1(C)CC[C@@]24C[C@@]25CC[C@H](O[C@@H]2OC[C@@H](O)[C@H](O)[C@H]2O)C(C)(C)[C@@H]5CC[C@H]4[C@]1(C)[C@H]3O. The van der Waals surface area contributed by atoms with Crippen LogP contribution in [0.3, 0.4) is 0 Å². The first-order chi connectivity index (χ1) is 20.4. The Morgan fingerprint density at radius 1 is 0.841 bits per heavy atom. The van der Waals surface area contributed by atoms with Crippen molar-refractivity contribution in [3.05, 3.63) is 0 Å². The van der Waals surface area contributed by atoms with Crippen molar-refractivity contribution in [3.63, 3.8) is 0 Å². The molecule has 8 rings (SSSR count). The average Bonchev–Trinajstić information content (AvgIpc) is 3.45. The van der Waals surface area contributed by atoms with E-state index < -0.39 is 48.2 Å². The van der Waals surface area contributed by atoms with Gasteiger partial charge in [0.2, 0.25) is 0 Å². The van der Waals surface area contributed by atoms with Gasteiger partial charge in [0.1, 0.15) is 30.5 Å². The van der Waals surface area contributed by atoms with E-state index in [2.05, 4.69) is 34.6 Å². The molecule has 3 heterocycles. The van der Waals surface area contributed by atoms with E-state index in [-0.39, 0.29) is 51.8 Å². The third-order valence-electron chi connectivity index (χ3n) is 15.9. The molecule has 3 saturated heterocycles. The summed E-state index contributed by atoms with van der Waals surface area (Å²) in [5.41, 5.74) is -1.39. The lowest BCUT2D eigenvalue weighted by molar-refractivity contribution is -0.303. The summed E-state index contributed by atoms with van der Waals surface area (Å²) in [6.07, 6.45) is 2.00. The van der Waals surface area contributed by atoms with E-state index in [0.717, 1.165) is 44.9 Å². The number of aliphatic hydroxyl groups is 5. The lowest BCUT2D eigenvalue weighted by atomic mass is 9.41. The lowest BCUT2D eigenvalue weighted by Gasteiger charge is -2.63. The Morgan fingerprint density at radius 2 is 1.52 bits per heavy atom. The number of rotatable bonds is 3. The molecule has 0 radical (unpaired) electrons. The molecule has 8 fully saturated rings. The van der Waals surface area contributed by atoms with Gasteiger partial charge in [-0.05, 0) is 105 Å². The second-order valence-corrected chi connectivity index (χ2v) is 18.3. The van der Waals surface area contributed by atoms with Gasteiger partial charge in [-0.1, -0.05) is 34.6 Å². The molecule has 250 valence electrons. The maximum absolute atomic E-state index is 12.7. The monoisotopic (exact) mass is 620 g/mol. The highest BCUT2D eigenvalue weighted by Gasteiger charge is 2.88. The van der Waals surface area contributed by atoms with Crippen molar-refractivity contribution >= 4 is 0 Å². The van der Waals surface area contributed by atoms with Gasteiger partial charge in [0.05, 0.1) is 24.4 Å². The first kappa shape index (κ1) is 30.9. The van der Waals surface area contributed by atoms with Crippen LogP contribution in [0.4, 0.5) is 0 Å². The van der Waals surface area contributed by atoms with Crippen molar-refractivity contribution in [2.45, 2.75) is 160 Å². The van der Waals surface area contributed by atoms with Crippen LogP contribution in [0.25, 0.3) is 0 Å². The van der Waals surface area contributed by atoms with Gasteiger partial charge in [-0.25, -0.2) is 0 Å². The van der Waals surface area contributed by atoms with E-state index in [4.69, 9.17) is 18.9 Å². The average molecular weight is 621 g/mol. The summed E-state index contributed by atoms with van der Waals surface area (Å²) in [5, 5.41) is 54.5. The molecule has 5 N–H and O–H groups in total. The van der Waals surface area contributed by atoms with Crippen molar-refractivity contribution in [1.29, 1.82) is 0 Å². The fourth-order valence-corrected chi connectivity index (χ4v) is 14.0. The van der Waals surface area contributed by atoms with E-state index in [1.54, 1.807) is 13.8 Å². The summed E-state index contributed by atoms with van der Waals surface area (Å²) >= 11 is 0. The Hall–Kier alpha value is -0.360. The topological polar surface area (TPSA) is 138 Å². The number of hydrogen-bond acceptors (Lipinski definition) is 9. The van der Waals surface area contributed by atoms with Crippen molar-refractivity contribution in [2.75, 3.05) is 6.61 Å². The summed E-state index contributed by atoms with van der Waals surface area (Å²) < 4.78 is 25.8. The first-order valence-corrected chi connectivity index (χ1v) is 17.5. The van der Waals surface area contributed by atoms with Gasteiger partial charge in [-0.2, -0.15) is 0 Å². The van der Waals surface area contributed by atoms with E-state index in [1.807, 2.05) is 0 Å². The Morgan fingerprint density at radius 3 is 2.23 bits per heavy atom. The van der Waals surface area contributed by atoms with Gasteiger partial charge in [-0.3, -0.25) is 0 Å². The number of hydrogen-bond donors (Lipinski definition) is 5. The van der Waals surface area contributed by atoms with Crippen LogP contribution in [0.2, 0.25) is 0 Å². The molecule has 9 heteroatoms. The highest BCUT2D eigenvalue weighted by atomic mass is 16.8. The Bertz CT molecular complexity index is 1200. The van der Waals surface area contributed by atoms with Crippen LogP contribution >= 0.6 is 0 Å². The molecule has 8 aliphatic rings. The van der Waals surface area contributed by atoms with Crippen molar-refractivity contribution < 1.29 is 44.5 Å². The summed E-state index contributed by atoms with van der Waals surface area (Å²) in [5.74, 6) is 0.108.